The fraction of sp³-hybridized carbons (Fsp3) is 0.800. The summed E-state index contributed by atoms with van der Waals surface area (Å²) < 4.78 is 24.5. The van der Waals surface area contributed by atoms with Crippen molar-refractivity contribution in [1.29, 1.82) is 0 Å². The number of nitrogens with zero attached hydrogens (tertiary/aromatic N) is 1. The van der Waals surface area contributed by atoms with Gasteiger partial charge in [0.2, 0.25) is 10.0 Å². The highest BCUT2D eigenvalue weighted by molar-refractivity contribution is 7.90. The first-order valence-electron chi connectivity index (χ1n) is 3.55. The van der Waals surface area contributed by atoms with Crippen LogP contribution in [0, 0.1) is 0 Å². The van der Waals surface area contributed by atoms with E-state index in [9.17, 15) is 13.2 Å². The maximum Gasteiger partial charge on any atom is 0.339 e. The molecule has 1 aliphatic rings. The standard InChI is InChI=1S/C5H11N3O4S/c1-8-3-4(8)13(10,11)7-2-5(9)12-6/h4,7H,2-3,6H2,1H3. The third kappa shape index (κ3) is 2.62. The van der Waals surface area contributed by atoms with Crippen LogP contribution in [0.2, 0.25) is 0 Å². The molecule has 76 valence electrons. The first-order chi connectivity index (χ1) is 5.97. The van der Waals surface area contributed by atoms with Gasteiger partial charge in [0.1, 0.15) is 11.9 Å². The number of nitrogens with one attached hydrogen (secondary N) is 1. The summed E-state index contributed by atoms with van der Waals surface area (Å²) in [5.74, 6) is 3.71. The van der Waals surface area contributed by atoms with Crippen LogP contribution in [0.15, 0.2) is 0 Å². The number of sulfonamides is 1. The van der Waals surface area contributed by atoms with E-state index in [0.717, 1.165) is 0 Å². The molecule has 1 heterocycles. The quantitative estimate of drug-likeness (QED) is 0.395. The molecule has 0 aromatic carbocycles. The Morgan fingerprint density at radius 1 is 1.77 bits per heavy atom. The van der Waals surface area contributed by atoms with Crippen molar-refractivity contribution in [3.8, 4) is 0 Å². The summed E-state index contributed by atoms with van der Waals surface area (Å²) in [7, 11) is -1.75. The lowest BCUT2D eigenvalue weighted by Crippen LogP contribution is -2.35. The van der Waals surface area contributed by atoms with Crippen molar-refractivity contribution in [2.24, 2.45) is 5.90 Å². The summed E-state index contributed by atoms with van der Waals surface area (Å²) in [5.41, 5.74) is 0. The normalized spacial score (nSPS) is 26.9. The Kier molecular flexibility index (Phi) is 2.86. The predicted molar refractivity (Wildman–Crippen MR) is 43.6 cm³/mol. The lowest BCUT2D eigenvalue weighted by Gasteiger charge is -2.02. The highest BCUT2D eigenvalue weighted by Crippen LogP contribution is 2.18. The molecular weight excluding hydrogens is 198 g/mol. The molecule has 0 bridgehead atoms. The Hall–Kier alpha value is -0.700. The molecule has 0 aromatic rings. The van der Waals surface area contributed by atoms with Crippen molar-refractivity contribution >= 4 is 16.0 Å². The van der Waals surface area contributed by atoms with Gasteiger partial charge < -0.3 is 4.84 Å². The molecule has 1 saturated heterocycles. The number of likely N-dealkylation sites (N-methyl/N-ethyl adjacent to an activating group) is 1. The number of hydrogen-bond donors (Lipinski definition) is 2. The van der Waals surface area contributed by atoms with Gasteiger partial charge in [-0.25, -0.2) is 17.9 Å². The Morgan fingerprint density at radius 2 is 2.31 bits per heavy atom. The zero-order chi connectivity index (χ0) is 10.1. The highest BCUT2D eigenvalue weighted by atomic mass is 32.2. The third-order valence-electron chi connectivity index (χ3n) is 1.71. The molecule has 0 saturated carbocycles. The molecule has 2 atom stereocenters. The van der Waals surface area contributed by atoms with E-state index in [1.54, 1.807) is 11.9 Å². The summed E-state index contributed by atoms with van der Waals surface area (Å²) in [5, 5.41) is -0.530. The minimum absolute atomic E-state index is 0.427. The van der Waals surface area contributed by atoms with Crippen LogP contribution in [-0.2, 0) is 19.7 Å². The van der Waals surface area contributed by atoms with E-state index >= 15 is 0 Å². The van der Waals surface area contributed by atoms with Gasteiger partial charge in [0.05, 0.1) is 0 Å². The van der Waals surface area contributed by atoms with Gasteiger partial charge in [0, 0.05) is 6.54 Å². The summed E-state index contributed by atoms with van der Waals surface area (Å²) >= 11 is 0. The monoisotopic (exact) mass is 209 g/mol. The maximum absolute atomic E-state index is 11.2. The van der Waals surface area contributed by atoms with Crippen molar-refractivity contribution in [3.05, 3.63) is 0 Å². The number of carbonyl (C=O) groups is 1. The SMILES string of the molecule is CN1CC1S(=O)(=O)NCC(=O)ON. The second-order valence-corrected chi connectivity index (χ2v) is 4.67. The van der Waals surface area contributed by atoms with Crippen LogP contribution in [0.1, 0.15) is 0 Å². The lowest BCUT2D eigenvalue weighted by atomic mass is 10.7. The zero-order valence-corrected chi connectivity index (χ0v) is 7.87. The van der Waals surface area contributed by atoms with E-state index in [2.05, 4.69) is 15.5 Å². The fourth-order valence-electron chi connectivity index (χ4n) is 0.832. The number of nitrogens with two attached hydrogens (primary N) is 1. The van der Waals surface area contributed by atoms with E-state index in [1.165, 1.54) is 0 Å². The van der Waals surface area contributed by atoms with E-state index in [-0.39, 0.29) is 0 Å². The van der Waals surface area contributed by atoms with Crippen molar-refractivity contribution in [1.82, 2.24) is 9.62 Å². The summed E-state index contributed by atoms with van der Waals surface area (Å²) in [6.45, 7) is 0.0518. The van der Waals surface area contributed by atoms with E-state index in [4.69, 9.17) is 0 Å². The Labute approximate surface area is 75.8 Å². The van der Waals surface area contributed by atoms with Gasteiger partial charge in [-0.15, -0.1) is 0 Å². The van der Waals surface area contributed by atoms with Gasteiger partial charge in [-0.05, 0) is 7.05 Å². The zero-order valence-electron chi connectivity index (χ0n) is 7.06. The fourth-order valence-corrected chi connectivity index (χ4v) is 2.25. The number of hydrogen-bond acceptors (Lipinski definition) is 6. The number of carbonyl (C=O) groups excluding carboxylic acids is 1. The Balaban J connectivity index is 2.40. The second-order valence-electron chi connectivity index (χ2n) is 2.75. The van der Waals surface area contributed by atoms with Gasteiger partial charge in [0.15, 0.2) is 0 Å². The molecule has 13 heavy (non-hydrogen) atoms. The first-order valence-corrected chi connectivity index (χ1v) is 5.10. The van der Waals surface area contributed by atoms with Crippen molar-refractivity contribution in [2.75, 3.05) is 20.1 Å². The maximum atomic E-state index is 11.2. The molecule has 0 aromatic heterocycles. The minimum Gasteiger partial charge on any atom is -0.372 e. The van der Waals surface area contributed by atoms with Gasteiger partial charge in [-0.1, -0.05) is 0 Å². The molecule has 0 radical (unpaired) electrons. The van der Waals surface area contributed by atoms with E-state index in [0.29, 0.717) is 6.54 Å². The molecule has 1 rings (SSSR count). The van der Waals surface area contributed by atoms with Crippen LogP contribution < -0.4 is 10.6 Å². The lowest BCUT2D eigenvalue weighted by molar-refractivity contribution is -0.142. The number of rotatable bonds is 4. The minimum atomic E-state index is -3.42. The van der Waals surface area contributed by atoms with Gasteiger partial charge in [0.25, 0.3) is 0 Å². The van der Waals surface area contributed by atoms with Crippen molar-refractivity contribution < 1.29 is 18.0 Å². The van der Waals surface area contributed by atoms with Crippen molar-refractivity contribution in [2.45, 2.75) is 5.37 Å². The predicted octanol–water partition coefficient (Wildman–Crippen LogP) is -2.41. The van der Waals surface area contributed by atoms with Gasteiger partial charge in [-0.3, -0.25) is 4.90 Å². The van der Waals surface area contributed by atoms with Crippen LogP contribution in [0.25, 0.3) is 0 Å². The second kappa shape index (κ2) is 3.58. The van der Waals surface area contributed by atoms with Crippen molar-refractivity contribution in [3.63, 3.8) is 0 Å². The smallest absolute Gasteiger partial charge is 0.339 e. The molecule has 0 aliphatic carbocycles. The molecule has 1 aliphatic heterocycles. The summed E-state index contributed by atoms with van der Waals surface area (Å²) in [6, 6.07) is 0. The molecule has 7 nitrogen and oxygen atoms in total. The third-order valence-corrected chi connectivity index (χ3v) is 3.48. The summed E-state index contributed by atoms with van der Waals surface area (Å²) in [6.07, 6.45) is 0. The first kappa shape index (κ1) is 10.4. The molecule has 1 fully saturated rings. The van der Waals surface area contributed by atoms with E-state index < -0.39 is 27.9 Å². The largest absolute Gasteiger partial charge is 0.372 e. The summed E-state index contributed by atoms with van der Waals surface area (Å²) in [4.78, 5) is 15.9. The van der Waals surface area contributed by atoms with Crippen LogP contribution >= 0.6 is 0 Å². The highest BCUT2D eigenvalue weighted by Gasteiger charge is 2.42. The average molecular weight is 209 g/mol. The van der Waals surface area contributed by atoms with Gasteiger partial charge in [-0.2, -0.15) is 5.90 Å². The molecule has 2 unspecified atom stereocenters. The van der Waals surface area contributed by atoms with Gasteiger partial charge >= 0.3 is 5.97 Å². The molecule has 8 heteroatoms. The average Bonchev–Trinajstić information content (AvgIpc) is 2.79. The van der Waals surface area contributed by atoms with Crippen LogP contribution in [0.5, 0.6) is 0 Å². The van der Waals surface area contributed by atoms with E-state index in [1.807, 2.05) is 0 Å². The molecular formula is C5H11N3O4S. The Bertz CT molecular complexity index is 301. The van der Waals surface area contributed by atoms with Crippen LogP contribution in [-0.4, -0.2) is 44.8 Å². The topological polar surface area (TPSA) is 102 Å². The molecule has 0 amide bonds. The van der Waals surface area contributed by atoms with Crippen LogP contribution in [0.4, 0.5) is 0 Å². The Morgan fingerprint density at radius 3 is 2.69 bits per heavy atom. The molecule has 3 N–H and O–H groups in total. The van der Waals surface area contributed by atoms with Crippen LogP contribution in [0.3, 0.4) is 0 Å². The molecule has 0 spiro atoms.